The molecule has 0 amide bonds. The number of fused-ring (bicyclic) bond motifs is 6. The van der Waals surface area contributed by atoms with Gasteiger partial charge in [0.15, 0.2) is 0 Å². The molecule has 0 saturated carbocycles. The van der Waals surface area contributed by atoms with Crippen LogP contribution in [-0.4, -0.2) is 0 Å². The van der Waals surface area contributed by atoms with Crippen molar-refractivity contribution in [2.75, 3.05) is 0 Å². The first-order chi connectivity index (χ1) is 24.8. The van der Waals surface area contributed by atoms with Crippen LogP contribution in [0.2, 0.25) is 0 Å². The molecule has 0 unspecified atom stereocenters. The Kier molecular flexibility index (Phi) is 5.76. The topological polar surface area (TPSA) is 0 Å². The van der Waals surface area contributed by atoms with Gasteiger partial charge in [-0.2, -0.15) is 0 Å². The largest absolute Gasteiger partial charge is 0.0622 e. The molecule has 0 fully saturated rings. The third-order valence-electron chi connectivity index (χ3n) is 11.0. The van der Waals surface area contributed by atoms with E-state index in [1.54, 1.807) is 0 Å². The fourth-order valence-corrected chi connectivity index (χ4v) is 8.86. The maximum absolute atomic E-state index is 2.45. The molecule has 0 nitrogen and oxygen atoms in total. The van der Waals surface area contributed by atoms with Gasteiger partial charge in [-0.3, -0.25) is 0 Å². The average Bonchev–Trinajstić information content (AvgIpc) is 3.70. The lowest BCUT2D eigenvalue weighted by Crippen LogP contribution is -1.94. The number of hydrogen-bond donors (Lipinski definition) is 0. The van der Waals surface area contributed by atoms with Crippen molar-refractivity contribution in [1.82, 2.24) is 0 Å². The molecular formula is C50H30. The molecule has 0 atom stereocenters. The van der Waals surface area contributed by atoms with Gasteiger partial charge in [0.05, 0.1) is 0 Å². The Hall–Kier alpha value is -6.50. The third kappa shape index (κ3) is 3.82. The third-order valence-corrected chi connectivity index (χ3v) is 11.0. The highest BCUT2D eigenvalue weighted by molar-refractivity contribution is 6.23. The fraction of sp³-hybridized carbons (Fsp3) is 0. The second-order valence-electron chi connectivity index (χ2n) is 13.5. The van der Waals surface area contributed by atoms with Crippen LogP contribution in [0.5, 0.6) is 0 Å². The predicted octanol–water partition coefficient (Wildman–Crippen LogP) is 14.0. The van der Waals surface area contributed by atoms with E-state index in [1.165, 1.54) is 111 Å². The predicted molar refractivity (Wildman–Crippen MR) is 212 cm³/mol. The molecule has 0 aromatic heterocycles. The molecule has 230 valence electrons. The first-order valence-electron chi connectivity index (χ1n) is 17.4. The van der Waals surface area contributed by atoms with Gasteiger partial charge in [-0.1, -0.05) is 176 Å². The lowest BCUT2D eigenvalue weighted by Gasteiger charge is -2.21. The molecule has 50 heavy (non-hydrogen) atoms. The molecule has 2 aliphatic carbocycles. The van der Waals surface area contributed by atoms with Crippen molar-refractivity contribution < 1.29 is 0 Å². The van der Waals surface area contributed by atoms with Crippen LogP contribution in [0.4, 0.5) is 0 Å². The van der Waals surface area contributed by atoms with E-state index < -0.39 is 0 Å². The van der Waals surface area contributed by atoms with Gasteiger partial charge in [0.25, 0.3) is 0 Å². The Bertz CT molecular complexity index is 2790. The standard InChI is InChI=1S/C50H30/c1-3-12-31(13-4-1)45-30-44(47(35-14-5-2-6-15-35)50-43-23-10-17-34-16-9-22-42(46(34)43)49(45)50)33-26-24-32(25-27-33)36-28-29-41-38-19-8-7-18-37(38)40-21-11-20-39(36)48(40)41/h1-30H. The monoisotopic (exact) mass is 630 g/mol. The summed E-state index contributed by atoms with van der Waals surface area (Å²) >= 11 is 0. The summed E-state index contributed by atoms with van der Waals surface area (Å²) in [6, 6.07) is 67.4. The van der Waals surface area contributed by atoms with E-state index >= 15 is 0 Å². The van der Waals surface area contributed by atoms with Gasteiger partial charge in [-0.15, -0.1) is 0 Å². The molecule has 0 heterocycles. The number of hydrogen-bond acceptors (Lipinski definition) is 0. The van der Waals surface area contributed by atoms with Crippen LogP contribution < -0.4 is 0 Å². The number of rotatable bonds is 4. The summed E-state index contributed by atoms with van der Waals surface area (Å²) in [5, 5.41) is 5.31. The normalized spacial score (nSPS) is 12.0. The Morgan fingerprint density at radius 3 is 1.40 bits per heavy atom. The zero-order chi connectivity index (χ0) is 32.8. The van der Waals surface area contributed by atoms with Crippen LogP contribution in [-0.2, 0) is 0 Å². The highest BCUT2D eigenvalue weighted by Gasteiger charge is 2.30. The Labute approximate surface area is 291 Å². The average molecular weight is 631 g/mol. The SMILES string of the molecule is c1ccc(-c2cc(-c3ccc(-c4ccc5c6c(cccc46)-c4ccccc4-5)cc3)c(-c3ccccc3)c3c2-c2cccc4cccc-3c24)cc1. The van der Waals surface area contributed by atoms with E-state index in [2.05, 4.69) is 182 Å². The molecule has 0 heteroatoms. The van der Waals surface area contributed by atoms with E-state index in [0.29, 0.717) is 0 Å². The molecule has 2 aliphatic rings. The molecule has 0 bridgehead atoms. The van der Waals surface area contributed by atoms with Crippen molar-refractivity contribution in [2.45, 2.75) is 0 Å². The van der Waals surface area contributed by atoms with Crippen LogP contribution in [0.3, 0.4) is 0 Å². The molecule has 9 aromatic rings. The highest BCUT2D eigenvalue weighted by Crippen LogP contribution is 2.57. The molecule has 0 aliphatic heterocycles. The van der Waals surface area contributed by atoms with E-state index in [9.17, 15) is 0 Å². The molecule has 0 saturated heterocycles. The van der Waals surface area contributed by atoms with Gasteiger partial charge >= 0.3 is 0 Å². The van der Waals surface area contributed by atoms with Gasteiger partial charge in [0, 0.05) is 0 Å². The van der Waals surface area contributed by atoms with E-state index in [4.69, 9.17) is 0 Å². The van der Waals surface area contributed by atoms with Gasteiger partial charge in [0.2, 0.25) is 0 Å². The first kappa shape index (κ1) is 27.5. The second kappa shape index (κ2) is 10.5. The molecular weight excluding hydrogens is 601 g/mol. The second-order valence-corrected chi connectivity index (χ2v) is 13.5. The van der Waals surface area contributed by atoms with Crippen molar-refractivity contribution in [3.8, 4) is 89.0 Å². The summed E-state index contributed by atoms with van der Waals surface area (Å²) in [4.78, 5) is 0. The van der Waals surface area contributed by atoms with Gasteiger partial charge < -0.3 is 0 Å². The van der Waals surface area contributed by atoms with Crippen LogP contribution in [0, 0.1) is 0 Å². The smallest absolute Gasteiger partial charge is 0.000764 e. The Morgan fingerprint density at radius 2 is 0.700 bits per heavy atom. The minimum Gasteiger partial charge on any atom is -0.0622 e. The summed E-state index contributed by atoms with van der Waals surface area (Å²) in [6.45, 7) is 0. The quantitative estimate of drug-likeness (QED) is 0.181. The summed E-state index contributed by atoms with van der Waals surface area (Å²) in [5.74, 6) is 0. The fourth-order valence-electron chi connectivity index (χ4n) is 8.86. The van der Waals surface area contributed by atoms with Crippen molar-refractivity contribution >= 4 is 21.5 Å². The lowest BCUT2D eigenvalue weighted by molar-refractivity contribution is 1.56. The van der Waals surface area contributed by atoms with E-state index in [0.717, 1.165) is 0 Å². The van der Waals surface area contributed by atoms with Crippen LogP contribution >= 0.6 is 0 Å². The van der Waals surface area contributed by atoms with Gasteiger partial charge in [-0.25, -0.2) is 0 Å². The van der Waals surface area contributed by atoms with Gasteiger partial charge in [0.1, 0.15) is 0 Å². The highest BCUT2D eigenvalue weighted by atomic mass is 14.3. The Morgan fingerprint density at radius 1 is 0.220 bits per heavy atom. The maximum Gasteiger partial charge on any atom is -0.000764 e. The van der Waals surface area contributed by atoms with Crippen LogP contribution in [0.15, 0.2) is 182 Å². The maximum atomic E-state index is 2.45. The summed E-state index contributed by atoms with van der Waals surface area (Å²) < 4.78 is 0. The summed E-state index contributed by atoms with van der Waals surface area (Å²) in [5.41, 5.74) is 20.6. The van der Waals surface area contributed by atoms with E-state index in [-0.39, 0.29) is 0 Å². The lowest BCUT2D eigenvalue weighted by atomic mass is 9.82. The minimum atomic E-state index is 1.22. The van der Waals surface area contributed by atoms with Gasteiger partial charge in [-0.05, 0) is 117 Å². The van der Waals surface area contributed by atoms with Crippen LogP contribution in [0.1, 0.15) is 0 Å². The zero-order valence-corrected chi connectivity index (χ0v) is 27.3. The van der Waals surface area contributed by atoms with Crippen molar-refractivity contribution in [3.05, 3.63) is 182 Å². The summed E-state index contributed by atoms with van der Waals surface area (Å²) in [7, 11) is 0. The van der Waals surface area contributed by atoms with Crippen molar-refractivity contribution in [1.29, 1.82) is 0 Å². The van der Waals surface area contributed by atoms with Crippen molar-refractivity contribution in [2.24, 2.45) is 0 Å². The Balaban J connectivity index is 1.15. The zero-order valence-electron chi connectivity index (χ0n) is 27.3. The number of benzene rings is 9. The molecule has 9 aromatic carbocycles. The molecule has 0 radical (unpaired) electrons. The summed E-state index contributed by atoms with van der Waals surface area (Å²) in [6.07, 6.45) is 0. The first-order valence-corrected chi connectivity index (χ1v) is 17.4. The molecule has 11 rings (SSSR count). The molecule has 0 N–H and O–H groups in total. The molecule has 0 spiro atoms. The van der Waals surface area contributed by atoms with E-state index in [1.807, 2.05) is 0 Å². The van der Waals surface area contributed by atoms with Crippen molar-refractivity contribution in [3.63, 3.8) is 0 Å². The van der Waals surface area contributed by atoms with Crippen LogP contribution in [0.25, 0.3) is 111 Å². The minimum absolute atomic E-state index is 1.22.